The summed E-state index contributed by atoms with van der Waals surface area (Å²) in [6.07, 6.45) is 2.35. The second kappa shape index (κ2) is 6.65. The van der Waals surface area contributed by atoms with Gasteiger partial charge in [0.2, 0.25) is 0 Å². The number of carbonyl (C=O) groups excluding carboxylic acids is 1. The zero-order valence-electron chi connectivity index (χ0n) is 12.2. The lowest BCUT2D eigenvalue weighted by Gasteiger charge is -2.35. The maximum absolute atomic E-state index is 12.3. The minimum Gasteiger partial charge on any atom is -0.305 e. The summed E-state index contributed by atoms with van der Waals surface area (Å²) in [5.74, 6) is 0.133. The number of nitriles is 1. The van der Waals surface area contributed by atoms with Gasteiger partial charge >= 0.3 is 0 Å². The van der Waals surface area contributed by atoms with E-state index in [1.165, 1.54) is 6.42 Å². The van der Waals surface area contributed by atoms with Crippen LogP contribution in [0.5, 0.6) is 0 Å². The molecule has 1 aliphatic rings. The van der Waals surface area contributed by atoms with Crippen LogP contribution < -0.4 is 0 Å². The Kier molecular flexibility index (Phi) is 4.89. The number of carbonyl (C=O) groups is 1. The number of likely N-dealkylation sites (N-methyl/N-ethyl adjacent to an activating group) is 1. The summed E-state index contributed by atoms with van der Waals surface area (Å²) < 4.78 is 0. The first-order valence-corrected chi connectivity index (χ1v) is 7.02. The van der Waals surface area contributed by atoms with Crippen LogP contribution in [-0.2, 0) is 0 Å². The molecule has 2 rings (SSSR count). The average Bonchev–Trinajstić information content (AvgIpc) is 2.47. The Morgan fingerprint density at radius 1 is 1.40 bits per heavy atom. The first-order chi connectivity index (χ1) is 9.60. The average molecular weight is 271 g/mol. The lowest BCUT2D eigenvalue weighted by Crippen LogP contribution is -2.46. The van der Waals surface area contributed by atoms with Crippen molar-refractivity contribution >= 4 is 5.78 Å². The molecule has 0 radical (unpaired) electrons. The van der Waals surface area contributed by atoms with Crippen LogP contribution in [0.1, 0.15) is 28.8 Å². The van der Waals surface area contributed by atoms with Crippen molar-refractivity contribution in [2.24, 2.45) is 0 Å². The van der Waals surface area contributed by atoms with Gasteiger partial charge in [-0.2, -0.15) is 5.26 Å². The third-order valence-electron chi connectivity index (χ3n) is 3.91. The molecule has 0 spiro atoms. The Bertz CT molecular complexity index is 501. The Morgan fingerprint density at radius 2 is 2.10 bits per heavy atom. The minimum absolute atomic E-state index is 0.133. The molecule has 0 aromatic heterocycles. The molecule has 1 aromatic rings. The van der Waals surface area contributed by atoms with Crippen molar-refractivity contribution in [2.45, 2.75) is 18.9 Å². The van der Waals surface area contributed by atoms with E-state index in [1.54, 1.807) is 24.3 Å². The minimum atomic E-state index is 0.133. The Hall–Kier alpha value is -1.70. The van der Waals surface area contributed by atoms with E-state index in [4.69, 9.17) is 5.26 Å². The normalized spacial score (nSPS) is 19.8. The molecule has 0 aliphatic carbocycles. The summed E-state index contributed by atoms with van der Waals surface area (Å²) in [5, 5.41) is 8.76. The maximum Gasteiger partial charge on any atom is 0.176 e. The SMILES string of the molecule is CN(C)C1CCCN(CC(=O)c2ccc(C#N)cc2)C1. The Labute approximate surface area is 120 Å². The number of likely N-dealkylation sites (tertiary alicyclic amines) is 1. The van der Waals surface area contributed by atoms with Crippen molar-refractivity contribution in [3.63, 3.8) is 0 Å². The number of benzene rings is 1. The van der Waals surface area contributed by atoms with Crippen LogP contribution in [0.2, 0.25) is 0 Å². The molecule has 0 N–H and O–H groups in total. The highest BCUT2D eigenvalue weighted by Crippen LogP contribution is 2.14. The van der Waals surface area contributed by atoms with Gasteiger partial charge in [-0.3, -0.25) is 9.69 Å². The second-order valence-electron chi connectivity index (χ2n) is 5.61. The van der Waals surface area contributed by atoms with Crippen LogP contribution in [-0.4, -0.2) is 55.4 Å². The molecule has 1 aromatic carbocycles. The molecule has 4 nitrogen and oxygen atoms in total. The van der Waals surface area contributed by atoms with Gasteiger partial charge in [-0.1, -0.05) is 12.1 Å². The van der Waals surface area contributed by atoms with Crippen molar-refractivity contribution in [3.8, 4) is 6.07 Å². The van der Waals surface area contributed by atoms with Crippen LogP contribution in [0, 0.1) is 11.3 Å². The van der Waals surface area contributed by atoms with Gasteiger partial charge in [0.15, 0.2) is 5.78 Å². The van der Waals surface area contributed by atoms with Gasteiger partial charge in [-0.25, -0.2) is 0 Å². The van der Waals surface area contributed by atoms with Gasteiger partial charge in [0, 0.05) is 18.2 Å². The molecule has 1 fully saturated rings. The van der Waals surface area contributed by atoms with Gasteiger partial charge in [0.25, 0.3) is 0 Å². The first-order valence-electron chi connectivity index (χ1n) is 7.02. The number of nitrogens with zero attached hydrogens (tertiary/aromatic N) is 3. The van der Waals surface area contributed by atoms with Gasteiger partial charge in [-0.05, 0) is 45.6 Å². The number of ketones is 1. The van der Waals surface area contributed by atoms with E-state index in [1.807, 2.05) is 0 Å². The predicted octanol–water partition coefficient (Wildman–Crippen LogP) is 1.77. The Morgan fingerprint density at radius 3 is 2.70 bits per heavy atom. The third kappa shape index (κ3) is 3.66. The van der Waals surface area contributed by atoms with E-state index in [0.717, 1.165) is 19.5 Å². The zero-order valence-corrected chi connectivity index (χ0v) is 12.2. The van der Waals surface area contributed by atoms with Crippen LogP contribution in [0.3, 0.4) is 0 Å². The van der Waals surface area contributed by atoms with Crippen LogP contribution in [0.4, 0.5) is 0 Å². The summed E-state index contributed by atoms with van der Waals surface area (Å²) in [4.78, 5) is 16.7. The molecular weight excluding hydrogens is 250 g/mol. The summed E-state index contributed by atoms with van der Waals surface area (Å²) in [5.41, 5.74) is 1.28. The van der Waals surface area contributed by atoms with E-state index >= 15 is 0 Å². The van der Waals surface area contributed by atoms with E-state index in [0.29, 0.717) is 23.7 Å². The molecule has 1 saturated heterocycles. The zero-order chi connectivity index (χ0) is 14.5. The van der Waals surface area contributed by atoms with Crippen LogP contribution in [0.25, 0.3) is 0 Å². The van der Waals surface area contributed by atoms with E-state index in [2.05, 4.69) is 30.0 Å². The molecular formula is C16H21N3O. The molecule has 1 aliphatic heterocycles. The number of hydrogen-bond donors (Lipinski definition) is 0. The largest absolute Gasteiger partial charge is 0.305 e. The fraction of sp³-hybridized carbons (Fsp3) is 0.500. The monoisotopic (exact) mass is 271 g/mol. The first kappa shape index (κ1) is 14.7. The molecule has 0 saturated carbocycles. The second-order valence-corrected chi connectivity index (χ2v) is 5.61. The summed E-state index contributed by atoms with van der Waals surface area (Å²) >= 11 is 0. The predicted molar refractivity (Wildman–Crippen MR) is 78.6 cm³/mol. The lowest BCUT2D eigenvalue weighted by molar-refractivity contribution is 0.0852. The van der Waals surface area contributed by atoms with Crippen molar-refractivity contribution in [2.75, 3.05) is 33.7 Å². The lowest BCUT2D eigenvalue weighted by atomic mass is 10.0. The maximum atomic E-state index is 12.3. The van der Waals surface area contributed by atoms with E-state index < -0.39 is 0 Å². The highest BCUT2D eigenvalue weighted by molar-refractivity contribution is 5.97. The highest BCUT2D eigenvalue weighted by atomic mass is 16.1. The van der Waals surface area contributed by atoms with Crippen LogP contribution in [0.15, 0.2) is 24.3 Å². The van der Waals surface area contributed by atoms with Crippen molar-refractivity contribution in [3.05, 3.63) is 35.4 Å². The van der Waals surface area contributed by atoms with Gasteiger partial charge < -0.3 is 4.90 Å². The molecule has 0 bridgehead atoms. The highest BCUT2D eigenvalue weighted by Gasteiger charge is 2.23. The number of rotatable bonds is 4. The smallest absolute Gasteiger partial charge is 0.176 e. The summed E-state index contributed by atoms with van der Waals surface area (Å²) in [7, 11) is 4.19. The van der Waals surface area contributed by atoms with E-state index in [9.17, 15) is 4.79 Å². The van der Waals surface area contributed by atoms with Gasteiger partial charge in [0.1, 0.15) is 0 Å². The fourth-order valence-electron chi connectivity index (χ4n) is 2.62. The summed E-state index contributed by atoms with van der Waals surface area (Å²) in [6.45, 7) is 2.41. The standard InChI is InChI=1S/C16H21N3O/c1-18(2)15-4-3-9-19(11-15)12-16(20)14-7-5-13(10-17)6-8-14/h5-8,15H,3-4,9,11-12H2,1-2H3. The topological polar surface area (TPSA) is 47.3 Å². The fourth-order valence-corrected chi connectivity index (χ4v) is 2.62. The third-order valence-corrected chi connectivity index (χ3v) is 3.91. The van der Waals surface area contributed by atoms with Gasteiger partial charge in [0.05, 0.1) is 18.2 Å². The molecule has 106 valence electrons. The summed E-state index contributed by atoms with van der Waals surface area (Å²) in [6, 6.07) is 9.49. The molecule has 4 heteroatoms. The number of hydrogen-bond acceptors (Lipinski definition) is 4. The quantitative estimate of drug-likeness (QED) is 0.783. The molecule has 1 unspecified atom stereocenters. The van der Waals surface area contributed by atoms with Crippen molar-refractivity contribution in [1.82, 2.24) is 9.80 Å². The molecule has 0 amide bonds. The molecule has 1 atom stereocenters. The van der Waals surface area contributed by atoms with Crippen molar-refractivity contribution in [1.29, 1.82) is 5.26 Å². The van der Waals surface area contributed by atoms with Gasteiger partial charge in [-0.15, -0.1) is 0 Å². The van der Waals surface area contributed by atoms with E-state index in [-0.39, 0.29) is 5.78 Å². The Balaban J connectivity index is 1.95. The number of piperidine rings is 1. The van der Waals surface area contributed by atoms with Crippen LogP contribution >= 0.6 is 0 Å². The van der Waals surface area contributed by atoms with Crippen molar-refractivity contribution < 1.29 is 4.79 Å². The molecule has 1 heterocycles. The molecule has 20 heavy (non-hydrogen) atoms. The number of Topliss-reactive ketones (excluding diaryl/α,β-unsaturated/α-hetero) is 1.